The second-order valence-corrected chi connectivity index (χ2v) is 4.85. The maximum absolute atomic E-state index is 11.7. The number of aromatic nitrogens is 2. The fourth-order valence-electron chi connectivity index (χ4n) is 2.22. The molecule has 0 atom stereocenters. The summed E-state index contributed by atoms with van der Waals surface area (Å²) in [5, 5.41) is 4.20. The molecule has 0 spiro atoms. The van der Waals surface area contributed by atoms with Gasteiger partial charge in [0.1, 0.15) is 0 Å². The van der Waals surface area contributed by atoms with Gasteiger partial charge < -0.3 is 10.5 Å². The quantitative estimate of drug-likeness (QED) is 0.868. The number of hydrogen-bond donors (Lipinski definition) is 1. The molecule has 1 aromatic carbocycles. The Kier molecular flexibility index (Phi) is 4.08. The van der Waals surface area contributed by atoms with Crippen LogP contribution >= 0.6 is 0 Å². The lowest BCUT2D eigenvalue weighted by molar-refractivity contribution is 0.0519. The predicted octanol–water partition coefficient (Wildman–Crippen LogP) is 2.31. The van der Waals surface area contributed by atoms with Gasteiger partial charge in [0, 0.05) is 6.20 Å². The summed E-state index contributed by atoms with van der Waals surface area (Å²) < 4.78 is 6.58. The van der Waals surface area contributed by atoms with Crippen LogP contribution in [0.4, 0.5) is 5.69 Å². The van der Waals surface area contributed by atoms with Gasteiger partial charge in [-0.25, -0.2) is 4.79 Å². The van der Waals surface area contributed by atoms with Crippen LogP contribution in [0.25, 0.3) is 0 Å². The Morgan fingerprint density at radius 3 is 2.55 bits per heavy atom. The molecule has 0 aliphatic heterocycles. The molecule has 5 nitrogen and oxygen atoms in total. The Balaban J connectivity index is 2.22. The van der Waals surface area contributed by atoms with Gasteiger partial charge in [-0.3, -0.25) is 4.68 Å². The van der Waals surface area contributed by atoms with Crippen molar-refractivity contribution < 1.29 is 9.53 Å². The fourth-order valence-corrected chi connectivity index (χ4v) is 2.22. The third-order valence-corrected chi connectivity index (χ3v) is 2.88. The molecular formula is C15H19N3O2. The van der Waals surface area contributed by atoms with Gasteiger partial charge in [-0.15, -0.1) is 0 Å². The lowest BCUT2D eigenvalue weighted by Gasteiger charge is -2.05. The summed E-state index contributed by atoms with van der Waals surface area (Å²) in [6.07, 6.45) is 1.66. The van der Waals surface area contributed by atoms with E-state index >= 15 is 0 Å². The van der Waals surface area contributed by atoms with Crippen molar-refractivity contribution in [1.29, 1.82) is 0 Å². The molecule has 0 aliphatic carbocycles. The molecular weight excluding hydrogens is 254 g/mol. The second kappa shape index (κ2) is 5.77. The minimum Gasteiger partial charge on any atom is -0.461 e. The summed E-state index contributed by atoms with van der Waals surface area (Å²) in [6, 6.07) is 6.30. The van der Waals surface area contributed by atoms with Crippen molar-refractivity contribution in [2.45, 2.75) is 27.3 Å². The number of nitrogens with two attached hydrogens (primary N) is 1. The average molecular weight is 273 g/mol. The smallest absolute Gasteiger partial charge is 0.361 e. The zero-order chi connectivity index (χ0) is 14.7. The maximum atomic E-state index is 11.7. The second-order valence-electron chi connectivity index (χ2n) is 4.85. The van der Waals surface area contributed by atoms with Crippen LogP contribution in [0.3, 0.4) is 0 Å². The first-order chi connectivity index (χ1) is 9.49. The SMILES string of the molecule is CCOC(=O)c1nn(Cc2cc(C)cc(C)c2)cc1N. The van der Waals surface area contributed by atoms with Crippen LogP contribution in [0.1, 0.15) is 34.1 Å². The number of esters is 1. The minimum atomic E-state index is -0.482. The van der Waals surface area contributed by atoms with Crippen LogP contribution in [0.15, 0.2) is 24.4 Å². The van der Waals surface area contributed by atoms with E-state index < -0.39 is 5.97 Å². The van der Waals surface area contributed by atoms with Crippen LogP contribution in [0.5, 0.6) is 0 Å². The van der Waals surface area contributed by atoms with Crippen LogP contribution in [-0.2, 0) is 11.3 Å². The third-order valence-electron chi connectivity index (χ3n) is 2.88. The van der Waals surface area contributed by atoms with E-state index in [0.29, 0.717) is 18.8 Å². The number of rotatable bonds is 4. The maximum Gasteiger partial charge on any atom is 0.361 e. The summed E-state index contributed by atoms with van der Waals surface area (Å²) in [4.78, 5) is 11.7. The van der Waals surface area contributed by atoms with Crippen LogP contribution in [0.2, 0.25) is 0 Å². The Labute approximate surface area is 118 Å². The fraction of sp³-hybridized carbons (Fsp3) is 0.333. The van der Waals surface area contributed by atoms with Gasteiger partial charge in [0.05, 0.1) is 18.8 Å². The van der Waals surface area contributed by atoms with E-state index in [1.807, 2.05) is 0 Å². The molecule has 0 saturated carbocycles. The van der Waals surface area contributed by atoms with Crippen molar-refractivity contribution in [3.63, 3.8) is 0 Å². The Morgan fingerprint density at radius 2 is 1.95 bits per heavy atom. The van der Waals surface area contributed by atoms with E-state index in [9.17, 15) is 4.79 Å². The predicted molar refractivity (Wildman–Crippen MR) is 77.6 cm³/mol. The number of hydrogen-bond acceptors (Lipinski definition) is 4. The molecule has 0 fully saturated rings. The molecule has 5 heteroatoms. The first-order valence-corrected chi connectivity index (χ1v) is 6.57. The third kappa shape index (κ3) is 3.17. The largest absolute Gasteiger partial charge is 0.461 e. The van der Waals surface area contributed by atoms with E-state index in [-0.39, 0.29) is 5.69 Å². The summed E-state index contributed by atoms with van der Waals surface area (Å²) in [5.74, 6) is -0.482. The van der Waals surface area contributed by atoms with Crippen molar-refractivity contribution >= 4 is 11.7 Å². The van der Waals surface area contributed by atoms with Gasteiger partial charge in [0.15, 0.2) is 5.69 Å². The van der Waals surface area contributed by atoms with Gasteiger partial charge in [-0.1, -0.05) is 29.3 Å². The standard InChI is InChI=1S/C15H19N3O2/c1-4-20-15(19)14-13(16)9-18(17-14)8-12-6-10(2)5-11(3)7-12/h5-7,9H,4,8,16H2,1-3H3. The molecule has 1 heterocycles. The molecule has 2 aromatic rings. The molecule has 0 radical (unpaired) electrons. The number of anilines is 1. The molecule has 2 N–H and O–H groups in total. The van der Waals surface area contributed by atoms with Gasteiger partial charge >= 0.3 is 5.97 Å². The molecule has 0 unspecified atom stereocenters. The topological polar surface area (TPSA) is 70.1 Å². The lowest BCUT2D eigenvalue weighted by atomic mass is 10.1. The number of benzene rings is 1. The summed E-state index contributed by atoms with van der Waals surface area (Å²) in [5.41, 5.74) is 9.84. The van der Waals surface area contributed by atoms with Gasteiger partial charge in [0.2, 0.25) is 0 Å². The number of carbonyl (C=O) groups excluding carboxylic acids is 1. The highest BCUT2D eigenvalue weighted by Crippen LogP contribution is 2.14. The molecule has 106 valence electrons. The van der Waals surface area contributed by atoms with Gasteiger partial charge in [-0.05, 0) is 26.3 Å². The van der Waals surface area contributed by atoms with Crippen LogP contribution < -0.4 is 5.73 Å². The van der Waals surface area contributed by atoms with Crippen molar-refractivity contribution in [1.82, 2.24) is 9.78 Å². The van der Waals surface area contributed by atoms with E-state index in [1.165, 1.54) is 11.1 Å². The first kappa shape index (κ1) is 14.1. The van der Waals surface area contributed by atoms with Gasteiger partial charge in [0.25, 0.3) is 0 Å². The van der Waals surface area contributed by atoms with Crippen molar-refractivity contribution in [3.8, 4) is 0 Å². The van der Waals surface area contributed by atoms with E-state index in [0.717, 1.165) is 5.56 Å². The van der Waals surface area contributed by atoms with Crippen LogP contribution in [-0.4, -0.2) is 22.4 Å². The molecule has 0 bridgehead atoms. The van der Waals surface area contributed by atoms with E-state index in [1.54, 1.807) is 17.8 Å². The Bertz CT molecular complexity index is 612. The number of nitrogen functional groups attached to an aromatic ring is 1. The molecule has 20 heavy (non-hydrogen) atoms. The number of aryl methyl sites for hydroxylation is 2. The molecule has 0 aliphatic rings. The first-order valence-electron chi connectivity index (χ1n) is 6.57. The van der Waals surface area contributed by atoms with Crippen molar-refractivity contribution in [2.75, 3.05) is 12.3 Å². The highest BCUT2D eigenvalue weighted by molar-refractivity contribution is 5.92. The van der Waals surface area contributed by atoms with Gasteiger partial charge in [-0.2, -0.15) is 5.10 Å². The van der Waals surface area contributed by atoms with Crippen LogP contribution in [0, 0.1) is 13.8 Å². The molecule has 0 saturated heterocycles. The van der Waals surface area contributed by atoms with E-state index in [2.05, 4.69) is 37.1 Å². The molecule has 0 amide bonds. The number of nitrogens with zero attached hydrogens (tertiary/aromatic N) is 2. The monoisotopic (exact) mass is 273 g/mol. The Morgan fingerprint density at radius 1 is 1.30 bits per heavy atom. The number of carbonyl (C=O) groups is 1. The zero-order valence-corrected chi connectivity index (χ0v) is 12.0. The van der Waals surface area contributed by atoms with Crippen molar-refractivity contribution in [3.05, 3.63) is 46.8 Å². The summed E-state index contributed by atoms with van der Waals surface area (Å²) in [7, 11) is 0. The molecule has 2 rings (SSSR count). The molecule has 1 aromatic heterocycles. The summed E-state index contributed by atoms with van der Waals surface area (Å²) >= 11 is 0. The minimum absolute atomic E-state index is 0.177. The highest BCUT2D eigenvalue weighted by atomic mass is 16.5. The summed E-state index contributed by atoms with van der Waals surface area (Å²) in [6.45, 7) is 6.74. The zero-order valence-electron chi connectivity index (χ0n) is 12.0. The normalized spacial score (nSPS) is 10.6. The average Bonchev–Trinajstić information content (AvgIpc) is 2.69. The number of ether oxygens (including phenoxy) is 1. The van der Waals surface area contributed by atoms with E-state index in [4.69, 9.17) is 10.5 Å². The highest BCUT2D eigenvalue weighted by Gasteiger charge is 2.15. The Hall–Kier alpha value is -2.30. The lowest BCUT2D eigenvalue weighted by Crippen LogP contribution is -2.09. The van der Waals surface area contributed by atoms with Crippen molar-refractivity contribution in [2.24, 2.45) is 0 Å².